The maximum Gasteiger partial charge on any atom is 0.241 e. The number of amides is 1. The van der Waals surface area contributed by atoms with Crippen molar-refractivity contribution in [3.8, 4) is 0 Å². The minimum Gasteiger partial charge on any atom is -0.365 e. The third-order valence-electron chi connectivity index (χ3n) is 4.04. The van der Waals surface area contributed by atoms with E-state index >= 15 is 0 Å². The molecule has 0 aliphatic carbocycles. The van der Waals surface area contributed by atoms with Crippen molar-refractivity contribution in [3.05, 3.63) is 53.4 Å². The number of nitrogens with zero attached hydrogens (tertiary/aromatic N) is 4. The van der Waals surface area contributed by atoms with E-state index in [1.54, 1.807) is 37.5 Å². The number of hydrogen-bond acceptors (Lipinski definition) is 8. The van der Waals surface area contributed by atoms with Gasteiger partial charge in [-0.1, -0.05) is 29.8 Å². The first-order chi connectivity index (χ1) is 14.3. The third kappa shape index (κ3) is 5.45. The molecule has 0 saturated heterocycles. The maximum absolute atomic E-state index is 12.0. The fourth-order valence-electron chi connectivity index (χ4n) is 2.61. The molecule has 1 amide bonds. The van der Waals surface area contributed by atoms with E-state index in [0.29, 0.717) is 17.1 Å². The van der Waals surface area contributed by atoms with Crippen molar-refractivity contribution in [3.63, 3.8) is 0 Å². The van der Waals surface area contributed by atoms with Crippen molar-refractivity contribution in [1.82, 2.24) is 25.1 Å². The van der Waals surface area contributed by atoms with Crippen LogP contribution in [0.15, 0.2) is 47.8 Å². The Balaban J connectivity index is 1.73. The van der Waals surface area contributed by atoms with Gasteiger partial charge in [-0.25, -0.2) is 13.4 Å². The van der Waals surface area contributed by atoms with Crippen LogP contribution in [-0.4, -0.2) is 47.4 Å². The summed E-state index contributed by atoms with van der Waals surface area (Å²) in [7, 11) is -1.81. The molecule has 0 atom stereocenters. The van der Waals surface area contributed by atoms with Gasteiger partial charge in [-0.3, -0.25) is 9.48 Å². The Kier molecular flexibility index (Phi) is 6.53. The quantitative estimate of drug-likeness (QED) is 0.474. The number of aromatic nitrogens is 4. The molecule has 0 radical (unpaired) electrons. The molecule has 2 aromatic heterocycles. The molecular weight excluding hydrogens is 430 g/mol. The second-order valence-electron chi connectivity index (χ2n) is 6.35. The number of benzene rings is 1. The van der Waals surface area contributed by atoms with Crippen LogP contribution in [0.25, 0.3) is 0 Å². The topological polar surface area (TPSA) is 131 Å². The van der Waals surface area contributed by atoms with E-state index in [4.69, 9.17) is 11.6 Å². The second-order valence-corrected chi connectivity index (χ2v) is 8.74. The Morgan fingerprint density at radius 3 is 2.73 bits per heavy atom. The molecular formula is C18H20ClN7O3S. The molecule has 1 aromatic carbocycles. The smallest absolute Gasteiger partial charge is 0.241 e. The normalized spacial score (nSPS) is 11.2. The van der Waals surface area contributed by atoms with Gasteiger partial charge >= 0.3 is 0 Å². The zero-order chi connectivity index (χ0) is 21.7. The molecule has 0 fully saturated rings. The van der Waals surface area contributed by atoms with Gasteiger partial charge in [0.25, 0.3) is 0 Å². The predicted molar refractivity (Wildman–Crippen MR) is 113 cm³/mol. The first kappa shape index (κ1) is 21.5. The van der Waals surface area contributed by atoms with Crippen LogP contribution in [0, 0.1) is 0 Å². The Hall–Kier alpha value is -3.18. The lowest BCUT2D eigenvalue weighted by molar-refractivity contribution is -0.121. The third-order valence-corrected chi connectivity index (χ3v) is 5.51. The van der Waals surface area contributed by atoms with Crippen LogP contribution in [0.2, 0.25) is 5.02 Å². The van der Waals surface area contributed by atoms with Gasteiger partial charge in [-0.05, 0) is 11.6 Å². The summed E-state index contributed by atoms with van der Waals surface area (Å²) >= 11 is 6.18. The molecule has 0 spiro atoms. The fraction of sp³-hybridized carbons (Fsp3) is 0.222. The zero-order valence-electron chi connectivity index (χ0n) is 16.3. The summed E-state index contributed by atoms with van der Waals surface area (Å²) in [6.07, 6.45) is 5.77. The van der Waals surface area contributed by atoms with Gasteiger partial charge < -0.3 is 16.0 Å². The van der Waals surface area contributed by atoms with Crippen LogP contribution in [0.4, 0.5) is 17.5 Å². The fourth-order valence-corrected chi connectivity index (χ4v) is 3.71. The Morgan fingerprint density at radius 1 is 1.23 bits per heavy atom. The van der Waals surface area contributed by atoms with Crippen molar-refractivity contribution < 1.29 is 13.2 Å². The highest BCUT2D eigenvalue weighted by Gasteiger charge is 2.13. The lowest BCUT2D eigenvalue weighted by Crippen LogP contribution is -2.23. The van der Waals surface area contributed by atoms with Crippen LogP contribution in [0.1, 0.15) is 5.56 Å². The van der Waals surface area contributed by atoms with Crippen LogP contribution in [-0.2, 0) is 27.7 Å². The van der Waals surface area contributed by atoms with Gasteiger partial charge in [0, 0.05) is 26.0 Å². The van der Waals surface area contributed by atoms with Gasteiger partial charge in [-0.15, -0.1) is 0 Å². The predicted octanol–water partition coefficient (Wildman–Crippen LogP) is 1.83. The average Bonchev–Trinajstić information content (AvgIpc) is 3.14. The monoisotopic (exact) mass is 449 g/mol. The lowest BCUT2D eigenvalue weighted by Gasteiger charge is -2.11. The average molecular weight is 450 g/mol. The number of carbonyl (C=O) groups is 1. The van der Waals surface area contributed by atoms with E-state index in [1.807, 2.05) is 0 Å². The van der Waals surface area contributed by atoms with Crippen LogP contribution in [0.3, 0.4) is 0 Å². The number of nitrogens with one attached hydrogen (secondary N) is 3. The molecule has 3 aromatic rings. The van der Waals surface area contributed by atoms with Gasteiger partial charge in [0.05, 0.1) is 23.0 Å². The van der Waals surface area contributed by atoms with E-state index in [-0.39, 0.29) is 34.9 Å². The zero-order valence-corrected chi connectivity index (χ0v) is 17.8. The van der Waals surface area contributed by atoms with Crippen molar-refractivity contribution in [2.75, 3.05) is 23.9 Å². The van der Waals surface area contributed by atoms with Crippen molar-refractivity contribution in [2.45, 2.75) is 18.0 Å². The summed E-state index contributed by atoms with van der Waals surface area (Å²) in [5.74, 6) is 0.432. The van der Waals surface area contributed by atoms with Crippen molar-refractivity contribution in [2.24, 2.45) is 0 Å². The number of hydrogen-bond donors (Lipinski definition) is 3. The summed E-state index contributed by atoms with van der Waals surface area (Å²) in [6, 6.07) is 6.70. The maximum atomic E-state index is 12.0. The minimum absolute atomic E-state index is 0.0895. The summed E-state index contributed by atoms with van der Waals surface area (Å²) in [6.45, 7) is 0.301. The Labute approximate surface area is 178 Å². The highest BCUT2D eigenvalue weighted by Crippen LogP contribution is 2.23. The lowest BCUT2D eigenvalue weighted by atomic mass is 10.2. The molecule has 0 bridgehead atoms. The van der Waals surface area contributed by atoms with Crippen LogP contribution >= 0.6 is 11.6 Å². The number of rotatable bonds is 8. The first-order valence-electron chi connectivity index (χ1n) is 8.80. The Bertz CT molecular complexity index is 1160. The Morgan fingerprint density at radius 2 is 2.00 bits per heavy atom. The molecule has 12 heteroatoms. The number of halogens is 1. The molecule has 158 valence electrons. The molecule has 30 heavy (non-hydrogen) atoms. The van der Waals surface area contributed by atoms with Gasteiger partial charge in [0.15, 0.2) is 15.7 Å². The number of anilines is 3. The van der Waals surface area contributed by atoms with Gasteiger partial charge in [-0.2, -0.15) is 10.1 Å². The molecule has 0 aliphatic rings. The number of sulfone groups is 1. The molecule has 0 saturated carbocycles. The highest BCUT2D eigenvalue weighted by atomic mass is 35.5. The van der Waals surface area contributed by atoms with Gasteiger partial charge in [0.1, 0.15) is 11.6 Å². The van der Waals surface area contributed by atoms with E-state index in [9.17, 15) is 13.2 Å². The molecule has 0 aliphatic heterocycles. The number of carbonyl (C=O) groups excluding carboxylic acids is 1. The molecule has 3 N–H and O–H groups in total. The summed E-state index contributed by atoms with van der Waals surface area (Å²) in [5, 5.41) is 12.9. The van der Waals surface area contributed by atoms with Crippen LogP contribution < -0.4 is 16.0 Å². The second kappa shape index (κ2) is 9.09. The standard InChI is InChI=1S/C18H20ClN7O3S/c1-20-16(27)11-26-10-13(8-23-26)24-18-22-9-14(19)17(25-18)21-7-12-5-3-4-6-15(12)30(2,28)29/h3-6,8-10H,7,11H2,1-2H3,(H,20,27)(H2,21,22,24,25). The minimum atomic E-state index is -3.36. The summed E-state index contributed by atoms with van der Waals surface area (Å²) in [5.41, 5.74) is 1.19. The van der Waals surface area contributed by atoms with E-state index in [2.05, 4.69) is 31.0 Å². The number of likely N-dealkylation sites (N-methyl/N-ethyl adjacent to an activating group) is 1. The van der Waals surface area contributed by atoms with Crippen molar-refractivity contribution in [1.29, 1.82) is 0 Å². The van der Waals surface area contributed by atoms with Crippen molar-refractivity contribution >= 4 is 44.8 Å². The summed E-state index contributed by atoms with van der Waals surface area (Å²) < 4.78 is 25.4. The first-order valence-corrected chi connectivity index (χ1v) is 11.1. The van der Waals surface area contributed by atoms with Gasteiger partial charge in [0.2, 0.25) is 11.9 Å². The molecule has 3 rings (SSSR count). The van der Waals surface area contributed by atoms with E-state index in [1.165, 1.54) is 17.1 Å². The SMILES string of the molecule is CNC(=O)Cn1cc(Nc2ncc(Cl)c(NCc3ccccc3S(C)(=O)=O)n2)cn1. The molecule has 0 unspecified atom stereocenters. The van der Waals surface area contributed by atoms with E-state index < -0.39 is 9.84 Å². The van der Waals surface area contributed by atoms with Crippen LogP contribution in [0.5, 0.6) is 0 Å². The largest absolute Gasteiger partial charge is 0.365 e. The highest BCUT2D eigenvalue weighted by molar-refractivity contribution is 7.90. The summed E-state index contributed by atoms with van der Waals surface area (Å²) in [4.78, 5) is 20.1. The van der Waals surface area contributed by atoms with E-state index in [0.717, 1.165) is 6.26 Å². The molecule has 10 nitrogen and oxygen atoms in total. The molecule has 2 heterocycles.